The van der Waals surface area contributed by atoms with Crippen molar-refractivity contribution in [1.29, 1.82) is 0 Å². The number of benzene rings is 1. The average Bonchev–Trinajstić information content (AvgIpc) is 2.29. The second-order valence-corrected chi connectivity index (χ2v) is 3.37. The number of carbonyl (C=O) groups excluding carboxylic acids is 1. The summed E-state index contributed by atoms with van der Waals surface area (Å²) in [5.41, 5.74) is 0.250. The number of rotatable bonds is 2. The summed E-state index contributed by atoms with van der Waals surface area (Å²) >= 11 is 5.37. The maximum atomic E-state index is 11.3. The number of carbonyl (C=O) groups is 2. The van der Waals surface area contributed by atoms with Crippen LogP contribution >= 0.6 is 11.6 Å². The fraction of sp³-hybridized carbons (Fsp3) is 0.200. The van der Waals surface area contributed by atoms with Crippen molar-refractivity contribution >= 4 is 28.7 Å². The molecule has 0 aliphatic heterocycles. The molecule has 0 spiro atoms. The molecular weight excluding hydrogens is 248 g/mol. The van der Waals surface area contributed by atoms with Crippen molar-refractivity contribution in [3.63, 3.8) is 0 Å². The van der Waals surface area contributed by atoms with E-state index in [-0.39, 0.29) is 5.69 Å². The van der Waals surface area contributed by atoms with Gasteiger partial charge in [0, 0.05) is 7.05 Å². The number of amides is 2. The third kappa shape index (κ3) is 2.79. The smallest absolute Gasteiger partial charge is 0.426 e. The molecule has 17 heavy (non-hydrogen) atoms. The molecule has 6 nitrogen and oxygen atoms in total. The number of carboxylic acid groups (broad SMARTS) is 1. The fourth-order valence-corrected chi connectivity index (χ4v) is 1.47. The number of ether oxygens (including phenoxy) is 1. The first-order valence-corrected chi connectivity index (χ1v) is 4.96. The van der Waals surface area contributed by atoms with Crippen LogP contribution in [0.5, 0.6) is 5.75 Å². The van der Waals surface area contributed by atoms with E-state index >= 15 is 0 Å². The number of nitrogens with zero attached hydrogens (tertiary/aromatic N) is 2. The first-order valence-electron chi connectivity index (χ1n) is 4.58. The fourth-order valence-electron chi connectivity index (χ4n) is 1.26. The molecule has 0 heterocycles. The molecule has 0 unspecified atom stereocenters. The predicted molar refractivity (Wildman–Crippen MR) is 62.5 cm³/mol. The van der Waals surface area contributed by atoms with Gasteiger partial charge in [0.15, 0.2) is 0 Å². The molecule has 0 fully saturated rings. The van der Waals surface area contributed by atoms with Crippen LogP contribution in [0.3, 0.4) is 0 Å². The Hall–Kier alpha value is -1.95. The van der Waals surface area contributed by atoms with Crippen LogP contribution in [-0.4, -0.2) is 35.7 Å². The summed E-state index contributed by atoms with van der Waals surface area (Å²) in [7, 11) is 2.62. The molecule has 0 aliphatic rings. The molecule has 1 aromatic rings. The van der Waals surface area contributed by atoms with Crippen LogP contribution in [0.4, 0.5) is 15.3 Å². The first kappa shape index (κ1) is 13.1. The topological polar surface area (TPSA) is 70.1 Å². The van der Waals surface area contributed by atoms with Crippen molar-refractivity contribution in [2.75, 3.05) is 19.2 Å². The lowest BCUT2D eigenvalue weighted by Gasteiger charge is -2.28. The number of para-hydroxylation sites is 2. The summed E-state index contributed by atoms with van der Waals surface area (Å²) in [5, 5.41) is 9.38. The highest BCUT2D eigenvalue weighted by molar-refractivity contribution is 6.66. The van der Waals surface area contributed by atoms with Crippen LogP contribution in [0.2, 0.25) is 0 Å². The Labute approximate surface area is 103 Å². The second kappa shape index (κ2) is 5.40. The van der Waals surface area contributed by atoms with Crippen LogP contribution in [0.15, 0.2) is 24.3 Å². The van der Waals surface area contributed by atoms with Gasteiger partial charge < -0.3 is 9.84 Å². The first-order chi connectivity index (χ1) is 7.99. The van der Waals surface area contributed by atoms with Gasteiger partial charge >= 0.3 is 11.5 Å². The minimum Gasteiger partial charge on any atom is -0.494 e. The Morgan fingerprint density at radius 3 is 2.41 bits per heavy atom. The van der Waals surface area contributed by atoms with E-state index in [1.54, 1.807) is 18.2 Å². The van der Waals surface area contributed by atoms with Crippen molar-refractivity contribution in [3.05, 3.63) is 24.3 Å². The lowest BCUT2D eigenvalue weighted by atomic mass is 10.3. The van der Waals surface area contributed by atoms with Crippen molar-refractivity contribution in [2.24, 2.45) is 0 Å². The Balaban J connectivity index is 3.23. The Bertz CT molecular complexity index is 438. The van der Waals surface area contributed by atoms with E-state index in [1.165, 1.54) is 20.2 Å². The van der Waals surface area contributed by atoms with Gasteiger partial charge in [-0.15, -0.1) is 0 Å². The third-order valence-electron chi connectivity index (χ3n) is 2.06. The van der Waals surface area contributed by atoms with Gasteiger partial charge in [0.05, 0.1) is 7.11 Å². The Morgan fingerprint density at radius 2 is 1.94 bits per heavy atom. The molecule has 2 amide bonds. The second-order valence-electron chi connectivity index (χ2n) is 3.04. The van der Waals surface area contributed by atoms with E-state index < -0.39 is 11.5 Å². The van der Waals surface area contributed by atoms with E-state index in [2.05, 4.69) is 0 Å². The summed E-state index contributed by atoms with van der Waals surface area (Å²) in [6, 6.07) is 6.46. The van der Waals surface area contributed by atoms with Crippen LogP contribution in [-0.2, 0) is 0 Å². The molecule has 1 rings (SSSR count). The number of hydrogen-bond donors (Lipinski definition) is 1. The number of halogens is 1. The highest BCUT2D eigenvalue weighted by Gasteiger charge is 2.25. The molecule has 92 valence electrons. The van der Waals surface area contributed by atoms with E-state index in [9.17, 15) is 9.59 Å². The van der Waals surface area contributed by atoms with Gasteiger partial charge in [-0.25, -0.2) is 9.80 Å². The number of methoxy groups -OCH3 is 1. The van der Waals surface area contributed by atoms with Gasteiger partial charge in [-0.05, 0) is 23.7 Å². The van der Waals surface area contributed by atoms with Crippen LogP contribution in [0.1, 0.15) is 0 Å². The number of hydrogen-bond acceptors (Lipinski definition) is 3. The summed E-state index contributed by atoms with van der Waals surface area (Å²) < 4.78 is 5.03. The van der Waals surface area contributed by atoms with Gasteiger partial charge in [0.2, 0.25) is 0 Å². The minimum atomic E-state index is -1.31. The van der Waals surface area contributed by atoms with Crippen LogP contribution in [0.25, 0.3) is 0 Å². The summed E-state index contributed by atoms with van der Waals surface area (Å²) in [6.45, 7) is 0. The lowest BCUT2D eigenvalue weighted by Crippen LogP contribution is -2.45. The predicted octanol–water partition coefficient (Wildman–Crippen LogP) is 2.39. The van der Waals surface area contributed by atoms with Gasteiger partial charge in [-0.1, -0.05) is 12.1 Å². The molecule has 0 saturated heterocycles. The summed E-state index contributed by atoms with van der Waals surface area (Å²) in [5.74, 6) is 0.342. The monoisotopic (exact) mass is 258 g/mol. The quantitative estimate of drug-likeness (QED) is 0.502. The van der Waals surface area contributed by atoms with Crippen molar-refractivity contribution in [1.82, 2.24) is 5.01 Å². The Kier molecular flexibility index (Phi) is 4.17. The van der Waals surface area contributed by atoms with Gasteiger partial charge in [0.1, 0.15) is 11.4 Å². The zero-order valence-corrected chi connectivity index (χ0v) is 10.0. The molecule has 0 aromatic heterocycles. The number of hydrazine groups is 1. The zero-order chi connectivity index (χ0) is 13.0. The van der Waals surface area contributed by atoms with Crippen molar-refractivity contribution in [2.45, 2.75) is 0 Å². The minimum absolute atomic E-state index is 0.250. The highest BCUT2D eigenvalue weighted by atomic mass is 35.5. The van der Waals surface area contributed by atoms with Crippen molar-refractivity contribution < 1.29 is 19.4 Å². The molecule has 0 saturated carbocycles. The lowest BCUT2D eigenvalue weighted by molar-refractivity contribution is 0.153. The molecular formula is C10H11ClN2O4. The zero-order valence-electron chi connectivity index (χ0n) is 9.25. The SMILES string of the molecule is COc1ccccc1N(C(=O)Cl)N(C)C(=O)O. The molecule has 1 aromatic carbocycles. The molecule has 0 atom stereocenters. The van der Waals surface area contributed by atoms with E-state index in [0.717, 1.165) is 5.01 Å². The Morgan fingerprint density at radius 1 is 1.35 bits per heavy atom. The maximum Gasteiger partial charge on any atom is 0.426 e. The van der Waals surface area contributed by atoms with Gasteiger partial charge in [-0.2, -0.15) is 5.01 Å². The molecule has 1 N–H and O–H groups in total. The molecule has 0 radical (unpaired) electrons. The largest absolute Gasteiger partial charge is 0.494 e. The van der Waals surface area contributed by atoms with Crippen LogP contribution in [0, 0.1) is 0 Å². The standard InChI is InChI=1S/C10H11ClN2O4/c1-12(10(15)16)13(9(11)14)7-5-3-4-6-8(7)17-2/h3-6H,1-2H3,(H,15,16). The van der Waals surface area contributed by atoms with Crippen LogP contribution < -0.4 is 9.75 Å². The van der Waals surface area contributed by atoms with Gasteiger partial charge in [-0.3, -0.25) is 4.79 Å². The van der Waals surface area contributed by atoms with E-state index in [0.29, 0.717) is 10.8 Å². The van der Waals surface area contributed by atoms with Crippen molar-refractivity contribution in [3.8, 4) is 5.75 Å². The molecule has 7 heteroatoms. The summed E-state index contributed by atoms with van der Waals surface area (Å²) in [4.78, 5) is 22.1. The van der Waals surface area contributed by atoms with E-state index in [4.69, 9.17) is 21.4 Å². The molecule has 0 bridgehead atoms. The van der Waals surface area contributed by atoms with E-state index in [1.807, 2.05) is 0 Å². The molecule has 0 aliphatic carbocycles. The van der Waals surface area contributed by atoms with Gasteiger partial charge in [0.25, 0.3) is 0 Å². The third-order valence-corrected chi connectivity index (χ3v) is 2.22. The highest BCUT2D eigenvalue weighted by Crippen LogP contribution is 2.29. The average molecular weight is 259 g/mol. The number of anilines is 1. The normalized spacial score (nSPS) is 9.59. The summed E-state index contributed by atoms with van der Waals surface area (Å²) in [6.07, 6.45) is -1.31. The maximum absolute atomic E-state index is 11.3.